The number of imidazole rings is 1. The topological polar surface area (TPSA) is 34.9 Å². The van der Waals surface area contributed by atoms with Crippen molar-refractivity contribution < 1.29 is 4.79 Å². The summed E-state index contributed by atoms with van der Waals surface area (Å²) in [6, 6.07) is 2.14. The van der Waals surface area contributed by atoms with Gasteiger partial charge in [-0.15, -0.1) is 11.3 Å². The number of thiophene rings is 1. The average Bonchev–Trinajstić information content (AvgIpc) is 2.87. The highest BCUT2D eigenvalue weighted by Gasteiger charge is 2.06. The zero-order chi connectivity index (χ0) is 10.7. The zero-order valence-corrected chi connectivity index (χ0v) is 9.33. The van der Waals surface area contributed by atoms with Gasteiger partial charge in [-0.25, -0.2) is 4.98 Å². The Morgan fingerprint density at radius 2 is 2.47 bits per heavy atom. The van der Waals surface area contributed by atoms with Crippen molar-refractivity contribution in [3.63, 3.8) is 0 Å². The molecule has 0 unspecified atom stereocenters. The molecule has 15 heavy (non-hydrogen) atoms. The van der Waals surface area contributed by atoms with Gasteiger partial charge in [0, 0.05) is 4.88 Å². The van der Waals surface area contributed by atoms with Crippen molar-refractivity contribution in [2.75, 3.05) is 0 Å². The molecule has 2 heterocycles. The molecule has 0 atom stereocenters. The molecule has 0 aliphatic carbocycles. The normalized spacial score (nSPS) is 10.5. The summed E-state index contributed by atoms with van der Waals surface area (Å²) in [5.41, 5.74) is 1.98. The maximum atomic E-state index is 10.7. The number of rotatable bonds is 4. The lowest BCUT2D eigenvalue weighted by molar-refractivity contribution is 0.111. The number of aryl methyl sites for hydroxylation is 1. The van der Waals surface area contributed by atoms with E-state index in [1.165, 1.54) is 10.4 Å². The van der Waals surface area contributed by atoms with Gasteiger partial charge in [0.15, 0.2) is 6.29 Å². The van der Waals surface area contributed by atoms with Gasteiger partial charge in [0.05, 0.1) is 19.1 Å². The second kappa shape index (κ2) is 4.40. The fourth-order valence-corrected chi connectivity index (χ4v) is 2.51. The number of nitrogens with zero attached hydrogens (tertiary/aromatic N) is 2. The van der Waals surface area contributed by atoms with Crippen molar-refractivity contribution in [2.45, 2.75) is 19.9 Å². The van der Waals surface area contributed by atoms with Crippen LogP contribution in [0.15, 0.2) is 24.0 Å². The molecule has 2 aromatic heterocycles. The van der Waals surface area contributed by atoms with Gasteiger partial charge in [0.25, 0.3) is 0 Å². The molecule has 2 rings (SSSR count). The molecule has 0 fully saturated rings. The fourth-order valence-electron chi connectivity index (χ4n) is 1.54. The van der Waals surface area contributed by atoms with Crippen LogP contribution in [0.1, 0.15) is 27.9 Å². The first-order chi connectivity index (χ1) is 7.35. The summed E-state index contributed by atoms with van der Waals surface area (Å²) in [6.45, 7) is 2.88. The molecule has 0 spiro atoms. The van der Waals surface area contributed by atoms with E-state index in [0.717, 1.165) is 19.3 Å². The van der Waals surface area contributed by atoms with Crippen molar-refractivity contribution in [3.05, 3.63) is 40.1 Å². The Bertz CT molecular complexity index is 459. The summed E-state index contributed by atoms with van der Waals surface area (Å²) in [4.78, 5) is 16.0. The lowest BCUT2D eigenvalue weighted by atomic mass is 10.2. The first-order valence-electron chi connectivity index (χ1n) is 4.85. The van der Waals surface area contributed by atoms with Gasteiger partial charge >= 0.3 is 0 Å². The Labute approximate surface area is 92.4 Å². The minimum atomic E-state index is 0.630. The van der Waals surface area contributed by atoms with E-state index < -0.39 is 0 Å². The molecule has 3 nitrogen and oxygen atoms in total. The van der Waals surface area contributed by atoms with E-state index in [0.29, 0.717) is 5.69 Å². The number of carbonyl (C=O) groups is 1. The van der Waals surface area contributed by atoms with Crippen LogP contribution in [0.3, 0.4) is 0 Å². The van der Waals surface area contributed by atoms with Gasteiger partial charge in [-0.3, -0.25) is 4.79 Å². The van der Waals surface area contributed by atoms with Crippen LogP contribution in [0.2, 0.25) is 0 Å². The molecule has 0 radical (unpaired) electrons. The second-order valence-corrected chi connectivity index (χ2v) is 4.29. The Morgan fingerprint density at radius 1 is 1.60 bits per heavy atom. The third-order valence-electron chi connectivity index (χ3n) is 2.40. The number of aldehydes is 1. The first kappa shape index (κ1) is 10.1. The molecule has 0 bridgehead atoms. The largest absolute Gasteiger partial charge is 0.323 e. The van der Waals surface area contributed by atoms with Gasteiger partial charge in [-0.1, -0.05) is 6.92 Å². The predicted molar refractivity (Wildman–Crippen MR) is 60.4 cm³/mol. The number of aromatic nitrogens is 2. The summed E-state index contributed by atoms with van der Waals surface area (Å²) in [6.07, 6.45) is 5.16. The molecule has 0 saturated carbocycles. The van der Waals surface area contributed by atoms with E-state index >= 15 is 0 Å². The standard InChI is InChI=1S/C11H12N2OS/c1-2-9-3-4-15-11(9)6-13-8-12-5-10(13)7-14/h3-5,7-8H,2,6H2,1H3. The highest BCUT2D eigenvalue weighted by atomic mass is 32.1. The quantitative estimate of drug-likeness (QED) is 0.741. The fraction of sp³-hybridized carbons (Fsp3) is 0.273. The molecule has 0 amide bonds. The zero-order valence-electron chi connectivity index (χ0n) is 8.51. The third-order valence-corrected chi connectivity index (χ3v) is 3.35. The van der Waals surface area contributed by atoms with Crippen LogP contribution in [-0.2, 0) is 13.0 Å². The lowest BCUT2D eigenvalue weighted by Crippen LogP contribution is -2.02. The molecule has 78 valence electrons. The van der Waals surface area contributed by atoms with Crippen LogP contribution in [0.25, 0.3) is 0 Å². The van der Waals surface area contributed by atoms with Crippen molar-refractivity contribution in [1.29, 1.82) is 0 Å². The Kier molecular flexibility index (Phi) is 2.97. The summed E-state index contributed by atoms with van der Waals surface area (Å²) < 4.78 is 1.87. The molecular weight excluding hydrogens is 208 g/mol. The Morgan fingerprint density at radius 3 is 3.20 bits per heavy atom. The Hall–Kier alpha value is -1.42. The van der Waals surface area contributed by atoms with Crippen molar-refractivity contribution in [1.82, 2.24) is 9.55 Å². The van der Waals surface area contributed by atoms with Crippen molar-refractivity contribution >= 4 is 17.6 Å². The summed E-state index contributed by atoms with van der Waals surface area (Å²) in [7, 11) is 0. The van der Waals surface area contributed by atoms with Gasteiger partial charge in [-0.2, -0.15) is 0 Å². The first-order valence-corrected chi connectivity index (χ1v) is 5.73. The van der Waals surface area contributed by atoms with Crippen LogP contribution >= 0.6 is 11.3 Å². The Balaban J connectivity index is 2.25. The predicted octanol–water partition coefficient (Wildman–Crippen LogP) is 2.37. The van der Waals surface area contributed by atoms with E-state index in [-0.39, 0.29) is 0 Å². The van der Waals surface area contributed by atoms with E-state index in [1.807, 2.05) is 4.57 Å². The van der Waals surface area contributed by atoms with Crippen molar-refractivity contribution in [3.8, 4) is 0 Å². The van der Waals surface area contributed by atoms with Crippen LogP contribution in [-0.4, -0.2) is 15.8 Å². The van der Waals surface area contributed by atoms with Gasteiger partial charge in [-0.05, 0) is 23.4 Å². The molecular formula is C11H12N2OS. The van der Waals surface area contributed by atoms with Crippen molar-refractivity contribution in [2.24, 2.45) is 0 Å². The molecule has 2 aromatic rings. The summed E-state index contributed by atoms with van der Waals surface area (Å²) >= 11 is 1.73. The van der Waals surface area contributed by atoms with Gasteiger partial charge < -0.3 is 4.57 Å². The van der Waals surface area contributed by atoms with Gasteiger partial charge in [0.1, 0.15) is 5.69 Å². The van der Waals surface area contributed by atoms with Gasteiger partial charge in [0.2, 0.25) is 0 Å². The SMILES string of the molecule is CCc1ccsc1Cn1cncc1C=O. The highest BCUT2D eigenvalue weighted by molar-refractivity contribution is 7.10. The maximum absolute atomic E-state index is 10.7. The molecule has 0 aliphatic rings. The molecule has 4 heteroatoms. The minimum Gasteiger partial charge on any atom is -0.323 e. The number of hydrogen-bond acceptors (Lipinski definition) is 3. The highest BCUT2D eigenvalue weighted by Crippen LogP contribution is 2.19. The number of hydrogen-bond donors (Lipinski definition) is 0. The van der Waals surface area contributed by atoms with Crippen LogP contribution in [0.4, 0.5) is 0 Å². The van der Waals surface area contributed by atoms with E-state index in [2.05, 4.69) is 23.4 Å². The van der Waals surface area contributed by atoms with Crippen LogP contribution in [0, 0.1) is 0 Å². The average molecular weight is 220 g/mol. The molecule has 0 aromatic carbocycles. The minimum absolute atomic E-state index is 0.630. The summed E-state index contributed by atoms with van der Waals surface area (Å²) in [5, 5.41) is 2.09. The van der Waals surface area contributed by atoms with E-state index in [1.54, 1.807) is 23.9 Å². The molecule has 0 aliphatic heterocycles. The molecule has 0 saturated heterocycles. The summed E-state index contributed by atoms with van der Waals surface area (Å²) in [5.74, 6) is 0. The lowest BCUT2D eigenvalue weighted by Gasteiger charge is -2.04. The van der Waals surface area contributed by atoms with Crippen LogP contribution < -0.4 is 0 Å². The third kappa shape index (κ3) is 1.99. The number of carbonyl (C=O) groups excluding carboxylic acids is 1. The van der Waals surface area contributed by atoms with Crippen LogP contribution in [0.5, 0.6) is 0 Å². The maximum Gasteiger partial charge on any atom is 0.168 e. The van der Waals surface area contributed by atoms with E-state index in [4.69, 9.17) is 0 Å². The smallest absolute Gasteiger partial charge is 0.168 e. The monoisotopic (exact) mass is 220 g/mol. The molecule has 0 N–H and O–H groups in total. The second-order valence-electron chi connectivity index (χ2n) is 3.29. The van der Waals surface area contributed by atoms with E-state index in [9.17, 15) is 4.79 Å².